The lowest BCUT2D eigenvalue weighted by molar-refractivity contribution is 0.146. The number of halogens is 2. The van der Waals surface area contributed by atoms with Crippen molar-refractivity contribution < 1.29 is 14.2 Å². The maximum absolute atomic E-state index is 6.11. The Morgan fingerprint density at radius 2 is 1.79 bits per heavy atom. The van der Waals surface area contributed by atoms with Gasteiger partial charge in [0.05, 0.1) is 18.2 Å². The Hall–Kier alpha value is -1.62. The third kappa shape index (κ3) is 6.11. The van der Waals surface area contributed by atoms with E-state index < -0.39 is 0 Å². The lowest BCUT2D eigenvalue weighted by atomic mass is 10.3. The van der Waals surface area contributed by atoms with Crippen LogP contribution in [0.1, 0.15) is 6.92 Å². The summed E-state index contributed by atoms with van der Waals surface area (Å²) in [7, 11) is 1.65. The van der Waals surface area contributed by atoms with Crippen LogP contribution < -0.4 is 14.8 Å². The number of anilines is 1. The molecule has 6 heteroatoms. The summed E-state index contributed by atoms with van der Waals surface area (Å²) in [5.41, 5.74) is 0.992. The summed E-state index contributed by atoms with van der Waals surface area (Å²) < 4.78 is 16.3. The van der Waals surface area contributed by atoms with Crippen molar-refractivity contribution in [1.29, 1.82) is 0 Å². The van der Waals surface area contributed by atoms with Gasteiger partial charge in [0, 0.05) is 17.8 Å². The fraction of sp³-hybridized carbons (Fsp3) is 0.333. The van der Waals surface area contributed by atoms with E-state index in [4.69, 9.17) is 37.4 Å². The molecule has 0 aliphatic heterocycles. The molecule has 2 aromatic carbocycles. The van der Waals surface area contributed by atoms with Crippen molar-refractivity contribution in [1.82, 2.24) is 0 Å². The van der Waals surface area contributed by atoms with Crippen LogP contribution in [0.15, 0.2) is 42.5 Å². The predicted octanol–water partition coefficient (Wildman–Crippen LogP) is 4.90. The van der Waals surface area contributed by atoms with E-state index in [1.165, 1.54) is 0 Å². The quantitative estimate of drug-likeness (QED) is 0.638. The van der Waals surface area contributed by atoms with Crippen molar-refractivity contribution in [2.75, 3.05) is 32.2 Å². The minimum absolute atomic E-state index is 0.0543. The average Bonchev–Trinajstić information content (AvgIpc) is 2.57. The van der Waals surface area contributed by atoms with E-state index in [1.807, 2.05) is 31.2 Å². The number of methoxy groups -OCH3 is 1. The van der Waals surface area contributed by atoms with Crippen molar-refractivity contribution >= 4 is 28.9 Å². The number of hydrogen-bond donors (Lipinski definition) is 1. The second-order valence-electron chi connectivity index (χ2n) is 5.25. The summed E-state index contributed by atoms with van der Waals surface area (Å²) in [4.78, 5) is 0. The monoisotopic (exact) mass is 369 g/mol. The second kappa shape index (κ2) is 9.62. The van der Waals surface area contributed by atoms with E-state index in [1.54, 1.807) is 25.3 Å². The Balaban J connectivity index is 1.79. The molecule has 0 amide bonds. The number of hydrogen-bond acceptors (Lipinski definition) is 4. The van der Waals surface area contributed by atoms with Crippen molar-refractivity contribution in [3.63, 3.8) is 0 Å². The highest BCUT2D eigenvalue weighted by Gasteiger charge is 2.08. The fourth-order valence-corrected chi connectivity index (χ4v) is 2.46. The zero-order chi connectivity index (χ0) is 17.4. The molecule has 0 saturated carbocycles. The Morgan fingerprint density at radius 1 is 1.04 bits per heavy atom. The molecule has 1 N–H and O–H groups in total. The molecule has 1 unspecified atom stereocenters. The normalized spacial score (nSPS) is 11.8. The number of rotatable bonds is 9. The molecule has 0 radical (unpaired) electrons. The van der Waals surface area contributed by atoms with Gasteiger partial charge < -0.3 is 19.5 Å². The third-order valence-corrected chi connectivity index (χ3v) is 3.76. The van der Waals surface area contributed by atoms with Crippen molar-refractivity contribution in [3.8, 4) is 11.5 Å². The van der Waals surface area contributed by atoms with E-state index in [0.29, 0.717) is 35.6 Å². The predicted molar refractivity (Wildman–Crippen MR) is 98.9 cm³/mol. The SMILES string of the molecule is COCCOc1ccc(NCC(C)Oc2ccc(Cl)cc2Cl)cc1. The first-order chi connectivity index (χ1) is 11.6. The molecule has 4 nitrogen and oxygen atoms in total. The largest absolute Gasteiger partial charge is 0.491 e. The van der Waals surface area contributed by atoms with Crippen molar-refractivity contribution in [2.24, 2.45) is 0 Å². The lowest BCUT2D eigenvalue weighted by Crippen LogP contribution is -2.22. The molecular formula is C18H21Cl2NO3. The molecule has 130 valence electrons. The average molecular weight is 370 g/mol. The number of benzene rings is 2. The van der Waals surface area contributed by atoms with Crippen molar-refractivity contribution in [2.45, 2.75) is 13.0 Å². The molecule has 2 rings (SSSR count). The molecule has 0 saturated heterocycles. The van der Waals surface area contributed by atoms with Gasteiger partial charge in [-0.2, -0.15) is 0 Å². The van der Waals surface area contributed by atoms with E-state index >= 15 is 0 Å². The van der Waals surface area contributed by atoms with Gasteiger partial charge in [-0.3, -0.25) is 0 Å². The van der Waals surface area contributed by atoms with Gasteiger partial charge in [0.15, 0.2) is 0 Å². The summed E-state index contributed by atoms with van der Waals surface area (Å²) in [6, 6.07) is 13.0. The fourth-order valence-electron chi connectivity index (χ4n) is 2.00. The summed E-state index contributed by atoms with van der Waals surface area (Å²) in [5, 5.41) is 4.41. The van der Waals surface area contributed by atoms with Gasteiger partial charge in [-0.25, -0.2) is 0 Å². The van der Waals surface area contributed by atoms with E-state index in [0.717, 1.165) is 11.4 Å². The van der Waals surface area contributed by atoms with Gasteiger partial charge in [-0.1, -0.05) is 23.2 Å². The van der Waals surface area contributed by atoms with Crippen LogP contribution in [0.4, 0.5) is 5.69 Å². The van der Waals surface area contributed by atoms with Crippen LogP contribution in [0, 0.1) is 0 Å². The molecule has 0 heterocycles. The number of ether oxygens (including phenoxy) is 3. The van der Waals surface area contributed by atoms with Gasteiger partial charge in [-0.05, 0) is 49.4 Å². The van der Waals surface area contributed by atoms with E-state index in [9.17, 15) is 0 Å². The van der Waals surface area contributed by atoms with Gasteiger partial charge >= 0.3 is 0 Å². The first-order valence-corrected chi connectivity index (χ1v) is 8.41. The minimum Gasteiger partial charge on any atom is -0.491 e. The summed E-state index contributed by atoms with van der Waals surface area (Å²) in [6.45, 7) is 3.72. The van der Waals surface area contributed by atoms with Gasteiger partial charge in [0.1, 0.15) is 24.2 Å². The summed E-state index contributed by atoms with van der Waals surface area (Å²) >= 11 is 12.0. The molecular weight excluding hydrogens is 349 g/mol. The molecule has 2 aromatic rings. The Kier molecular flexibility index (Phi) is 7.50. The summed E-state index contributed by atoms with van der Waals surface area (Å²) in [5.74, 6) is 1.44. The molecule has 0 bridgehead atoms. The first kappa shape index (κ1) is 18.7. The first-order valence-electron chi connectivity index (χ1n) is 7.66. The third-order valence-electron chi connectivity index (χ3n) is 3.23. The smallest absolute Gasteiger partial charge is 0.138 e. The molecule has 0 fully saturated rings. The van der Waals surface area contributed by atoms with Crippen LogP contribution in [-0.2, 0) is 4.74 Å². The Bertz CT molecular complexity index is 635. The number of nitrogens with one attached hydrogen (secondary N) is 1. The van der Waals surface area contributed by atoms with Gasteiger partial charge in [-0.15, -0.1) is 0 Å². The lowest BCUT2D eigenvalue weighted by Gasteiger charge is -2.17. The highest BCUT2D eigenvalue weighted by atomic mass is 35.5. The van der Waals surface area contributed by atoms with Crippen LogP contribution in [-0.4, -0.2) is 33.0 Å². The second-order valence-corrected chi connectivity index (χ2v) is 6.09. The van der Waals surface area contributed by atoms with Crippen LogP contribution in [0.25, 0.3) is 0 Å². The van der Waals surface area contributed by atoms with Crippen LogP contribution in [0.3, 0.4) is 0 Å². The topological polar surface area (TPSA) is 39.7 Å². The molecule has 0 aliphatic carbocycles. The standard InChI is InChI=1S/C18H21Cl2NO3/c1-13(24-18-8-3-14(19)11-17(18)20)12-21-15-4-6-16(7-5-15)23-10-9-22-2/h3-8,11,13,21H,9-10,12H2,1-2H3. The molecule has 1 atom stereocenters. The molecule has 0 spiro atoms. The van der Waals surface area contributed by atoms with E-state index in [-0.39, 0.29) is 6.10 Å². The Morgan fingerprint density at radius 3 is 2.46 bits per heavy atom. The molecule has 24 heavy (non-hydrogen) atoms. The maximum Gasteiger partial charge on any atom is 0.138 e. The summed E-state index contributed by atoms with van der Waals surface area (Å²) in [6.07, 6.45) is -0.0543. The zero-order valence-corrected chi connectivity index (χ0v) is 15.2. The van der Waals surface area contributed by atoms with Crippen LogP contribution in [0.5, 0.6) is 11.5 Å². The van der Waals surface area contributed by atoms with Gasteiger partial charge in [0.2, 0.25) is 0 Å². The minimum atomic E-state index is -0.0543. The van der Waals surface area contributed by atoms with Gasteiger partial charge in [0.25, 0.3) is 0 Å². The van der Waals surface area contributed by atoms with Crippen LogP contribution in [0.2, 0.25) is 10.0 Å². The highest BCUT2D eigenvalue weighted by Crippen LogP contribution is 2.28. The highest BCUT2D eigenvalue weighted by molar-refractivity contribution is 6.35. The molecule has 0 aliphatic rings. The van der Waals surface area contributed by atoms with Crippen LogP contribution >= 0.6 is 23.2 Å². The van der Waals surface area contributed by atoms with E-state index in [2.05, 4.69) is 5.32 Å². The zero-order valence-electron chi connectivity index (χ0n) is 13.7. The van der Waals surface area contributed by atoms with Crippen molar-refractivity contribution in [3.05, 3.63) is 52.5 Å². The molecule has 0 aromatic heterocycles. The Labute approximate surface area is 152 Å². The maximum atomic E-state index is 6.11.